The highest BCUT2D eigenvalue weighted by atomic mass is 79.9. The van der Waals surface area contributed by atoms with Crippen LogP contribution >= 0.6 is 27.3 Å². The summed E-state index contributed by atoms with van der Waals surface area (Å²) >= 11 is 5.30. The van der Waals surface area contributed by atoms with Gasteiger partial charge in [0.1, 0.15) is 0 Å². The molecule has 17 heavy (non-hydrogen) atoms. The second-order valence-corrected chi connectivity index (χ2v) is 6.63. The Bertz CT molecular complexity index is 325. The van der Waals surface area contributed by atoms with Gasteiger partial charge in [-0.15, -0.1) is 11.3 Å². The molecule has 0 spiro atoms. The van der Waals surface area contributed by atoms with Crippen molar-refractivity contribution in [3.8, 4) is 0 Å². The summed E-state index contributed by atoms with van der Waals surface area (Å²) in [6.45, 7) is 8.93. The standard InChI is InChI=1S/C13H23BrN2S/c1-10(2)16(4)7-5-6-15-11(3)13-8-12(14)9-17-13/h8-11,15H,5-7H2,1-4H3. The second-order valence-electron chi connectivity index (χ2n) is 4.77. The summed E-state index contributed by atoms with van der Waals surface area (Å²) in [5.74, 6) is 0. The van der Waals surface area contributed by atoms with Crippen LogP contribution in [-0.4, -0.2) is 31.1 Å². The highest BCUT2D eigenvalue weighted by Gasteiger charge is 2.07. The predicted molar refractivity (Wildman–Crippen MR) is 80.8 cm³/mol. The maximum atomic E-state index is 3.57. The number of nitrogens with zero attached hydrogens (tertiary/aromatic N) is 1. The molecule has 1 N–H and O–H groups in total. The van der Waals surface area contributed by atoms with Crippen molar-refractivity contribution in [2.45, 2.75) is 39.3 Å². The van der Waals surface area contributed by atoms with Gasteiger partial charge in [-0.05, 0) is 69.3 Å². The molecule has 0 aliphatic rings. The SMILES string of the molecule is CC(NCCCN(C)C(C)C)c1cc(Br)cs1. The fourth-order valence-electron chi connectivity index (χ4n) is 1.56. The molecule has 0 aliphatic carbocycles. The normalized spacial score (nSPS) is 13.6. The smallest absolute Gasteiger partial charge is 0.0386 e. The monoisotopic (exact) mass is 318 g/mol. The summed E-state index contributed by atoms with van der Waals surface area (Å²) in [5, 5.41) is 5.71. The number of halogens is 1. The van der Waals surface area contributed by atoms with Crippen LogP contribution in [0.25, 0.3) is 0 Å². The molecule has 1 heterocycles. The first-order chi connectivity index (χ1) is 8.00. The van der Waals surface area contributed by atoms with Crippen molar-refractivity contribution in [2.24, 2.45) is 0 Å². The molecule has 1 rings (SSSR count). The summed E-state index contributed by atoms with van der Waals surface area (Å²) in [4.78, 5) is 3.78. The quantitative estimate of drug-likeness (QED) is 0.767. The molecule has 0 bridgehead atoms. The minimum atomic E-state index is 0.454. The highest BCUT2D eigenvalue weighted by molar-refractivity contribution is 9.10. The molecule has 0 fully saturated rings. The van der Waals surface area contributed by atoms with E-state index in [0.29, 0.717) is 12.1 Å². The first-order valence-corrected chi connectivity index (χ1v) is 7.85. The van der Waals surface area contributed by atoms with Crippen molar-refractivity contribution in [1.29, 1.82) is 0 Å². The summed E-state index contributed by atoms with van der Waals surface area (Å²) in [6.07, 6.45) is 1.20. The molecule has 1 aromatic rings. The van der Waals surface area contributed by atoms with Gasteiger partial charge in [0.15, 0.2) is 0 Å². The van der Waals surface area contributed by atoms with E-state index >= 15 is 0 Å². The van der Waals surface area contributed by atoms with Crippen LogP contribution in [0.5, 0.6) is 0 Å². The topological polar surface area (TPSA) is 15.3 Å². The van der Waals surface area contributed by atoms with Crippen LogP contribution in [0, 0.1) is 0 Å². The lowest BCUT2D eigenvalue weighted by molar-refractivity contribution is 0.268. The Kier molecular flexibility index (Phi) is 6.70. The fraction of sp³-hybridized carbons (Fsp3) is 0.692. The van der Waals surface area contributed by atoms with E-state index in [9.17, 15) is 0 Å². The summed E-state index contributed by atoms with van der Waals surface area (Å²) < 4.78 is 1.19. The molecule has 0 saturated heterocycles. The first-order valence-electron chi connectivity index (χ1n) is 6.18. The maximum absolute atomic E-state index is 3.57. The molecule has 1 atom stereocenters. The molecule has 1 unspecified atom stereocenters. The van der Waals surface area contributed by atoms with E-state index < -0.39 is 0 Å². The van der Waals surface area contributed by atoms with Gasteiger partial charge < -0.3 is 10.2 Å². The average Bonchev–Trinajstić information content (AvgIpc) is 2.70. The van der Waals surface area contributed by atoms with Gasteiger partial charge in [-0.1, -0.05) is 0 Å². The lowest BCUT2D eigenvalue weighted by Gasteiger charge is -2.21. The first kappa shape index (κ1) is 15.2. The summed E-state index contributed by atoms with van der Waals surface area (Å²) in [5.41, 5.74) is 0. The zero-order valence-electron chi connectivity index (χ0n) is 11.2. The van der Waals surface area contributed by atoms with Gasteiger partial charge >= 0.3 is 0 Å². The van der Waals surface area contributed by atoms with E-state index in [4.69, 9.17) is 0 Å². The average molecular weight is 319 g/mol. The van der Waals surface area contributed by atoms with Gasteiger partial charge in [0.25, 0.3) is 0 Å². The Labute approximate surface area is 118 Å². The van der Waals surface area contributed by atoms with Crippen LogP contribution in [0.3, 0.4) is 0 Å². The highest BCUT2D eigenvalue weighted by Crippen LogP contribution is 2.25. The minimum absolute atomic E-state index is 0.454. The zero-order chi connectivity index (χ0) is 12.8. The van der Waals surface area contributed by atoms with E-state index in [-0.39, 0.29) is 0 Å². The molecule has 0 amide bonds. The largest absolute Gasteiger partial charge is 0.309 e. The molecule has 4 heteroatoms. The lowest BCUT2D eigenvalue weighted by Crippen LogP contribution is -2.30. The molecule has 2 nitrogen and oxygen atoms in total. The van der Waals surface area contributed by atoms with Crippen molar-refractivity contribution in [3.05, 3.63) is 20.8 Å². The van der Waals surface area contributed by atoms with E-state index in [1.165, 1.54) is 15.8 Å². The van der Waals surface area contributed by atoms with Gasteiger partial charge in [-0.3, -0.25) is 0 Å². The van der Waals surface area contributed by atoms with Gasteiger partial charge in [0.2, 0.25) is 0 Å². The number of rotatable bonds is 7. The van der Waals surface area contributed by atoms with Gasteiger partial charge in [-0.2, -0.15) is 0 Å². The van der Waals surface area contributed by atoms with Gasteiger partial charge in [0.05, 0.1) is 0 Å². The molecule has 0 aliphatic heterocycles. The number of thiophene rings is 1. The third-order valence-corrected chi connectivity index (χ3v) is 4.91. The molecular formula is C13H23BrN2S. The summed E-state index contributed by atoms with van der Waals surface area (Å²) in [6, 6.07) is 3.29. The predicted octanol–water partition coefficient (Wildman–Crippen LogP) is 3.89. The third kappa shape index (κ3) is 5.51. The van der Waals surface area contributed by atoms with E-state index in [2.05, 4.69) is 65.4 Å². The molecular weight excluding hydrogens is 296 g/mol. The van der Waals surface area contributed by atoms with Crippen molar-refractivity contribution in [2.75, 3.05) is 20.1 Å². The van der Waals surface area contributed by atoms with E-state index in [0.717, 1.165) is 13.1 Å². The van der Waals surface area contributed by atoms with Crippen LogP contribution in [0.4, 0.5) is 0 Å². The van der Waals surface area contributed by atoms with Crippen molar-refractivity contribution < 1.29 is 0 Å². The van der Waals surface area contributed by atoms with Crippen molar-refractivity contribution >= 4 is 27.3 Å². The van der Waals surface area contributed by atoms with Crippen molar-refractivity contribution in [1.82, 2.24) is 10.2 Å². The number of hydrogen-bond acceptors (Lipinski definition) is 3. The third-order valence-electron chi connectivity index (χ3n) is 3.03. The van der Waals surface area contributed by atoms with Gasteiger partial charge in [0, 0.05) is 26.8 Å². The summed E-state index contributed by atoms with van der Waals surface area (Å²) in [7, 11) is 2.18. The van der Waals surface area contributed by atoms with Crippen LogP contribution in [-0.2, 0) is 0 Å². The molecule has 1 aromatic heterocycles. The van der Waals surface area contributed by atoms with Gasteiger partial charge in [-0.25, -0.2) is 0 Å². The van der Waals surface area contributed by atoms with Crippen LogP contribution in [0.15, 0.2) is 15.9 Å². The number of nitrogens with one attached hydrogen (secondary N) is 1. The molecule has 0 aromatic carbocycles. The molecule has 0 radical (unpaired) electrons. The minimum Gasteiger partial charge on any atom is -0.309 e. The zero-order valence-corrected chi connectivity index (χ0v) is 13.6. The Hall–Kier alpha value is 0.1000. The van der Waals surface area contributed by atoms with E-state index in [1.807, 2.05) is 11.3 Å². The number of hydrogen-bond donors (Lipinski definition) is 1. The Morgan fingerprint density at radius 1 is 1.41 bits per heavy atom. The maximum Gasteiger partial charge on any atom is 0.0386 e. The Morgan fingerprint density at radius 3 is 2.65 bits per heavy atom. The van der Waals surface area contributed by atoms with Crippen LogP contribution < -0.4 is 5.32 Å². The van der Waals surface area contributed by atoms with Crippen molar-refractivity contribution in [3.63, 3.8) is 0 Å². The lowest BCUT2D eigenvalue weighted by atomic mass is 10.2. The van der Waals surface area contributed by atoms with E-state index in [1.54, 1.807) is 0 Å². The Morgan fingerprint density at radius 2 is 2.12 bits per heavy atom. The molecule has 98 valence electrons. The fourth-order valence-corrected chi connectivity index (χ4v) is 3.04. The second kappa shape index (κ2) is 7.52. The Balaban J connectivity index is 2.19. The van der Waals surface area contributed by atoms with Crippen LogP contribution in [0.2, 0.25) is 0 Å². The van der Waals surface area contributed by atoms with Crippen LogP contribution in [0.1, 0.15) is 38.1 Å². The molecule has 0 saturated carbocycles.